The van der Waals surface area contributed by atoms with Crippen molar-refractivity contribution in [1.82, 2.24) is 15.5 Å². The fourth-order valence-corrected chi connectivity index (χ4v) is 3.36. The SMILES string of the molecule is CCN(CC)Cc1ccccc1CNC(=O)CNC(=O)c1ccccc1I. The van der Waals surface area contributed by atoms with E-state index in [-0.39, 0.29) is 18.4 Å². The zero-order chi connectivity index (χ0) is 19.6. The summed E-state index contributed by atoms with van der Waals surface area (Å²) in [6, 6.07) is 15.4. The lowest BCUT2D eigenvalue weighted by atomic mass is 10.1. The Morgan fingerprint density at radius 3 is 2.22 bits per heavy atom. The smallest absolute Gasteiger partial charge is 0.252 e. The molecular weight excluding hydrogens is 453 g/mol. The normalized spacial score (nSPS) is 10.7. The van der Waals surface area contributed by atoms with Crippen LogP contribution in [-0.2, 0) is 17.9 Å². The largest absolute Gasteiger partial charge is 0.350 e. The molecule has 0 saturated carbocycles. The van der Waals surface area contributed by atoms with E-state index in [1.54, 1.807) is 6.07 Å². The van der Waals surface area contributed by atoms with Crippen molar-refractivity contribution in [3.05, 3.63) is 68.8 Å². The van der Waals surface area contributed by atoms with Crippen LogP contribution in [0.4, 0.5) is 0 Å². The van der Waals surface area contributed by atoms with Gasteiger partial charge in [-0.2, -0.15) is 0 Å². The summed E-state index contributed by atoms with van der Waals surface area (Å²) >= 11 is 2.11. The Bertz CT molecular complexity index is 776. The summed E-state index contributed by atoms with van der Waals surface area (Å²) in [4.78, 5) is 26.7. The van der Waals surface area contributed by atoms with Gasteiger partial charge in [-0.25, -0.2) is 0 Å². The van der Waals surface area contributed by atoms with E-state index in [1.807, 2.05) is 36.4 Å². The number of nitrogens with zero attached hydrogens (tertiary/aromatic N) is 1. The van der Waals surface area contributed by atoms with Crippen molar-refractivity contribution in [2.24, 2.45) is 0 Å². The van der Waals surface area contributed by atoms with Gasteiger partial charge in [0.05, 0.1) is 12.1 Å². The number of halogens is 1. The van der Waals surface area contributed by atoms with E-state index in [4.69, 9.17) is 0 Å². The molecule has 0 saturated heterocycles. The Morgan fingerprint density at radius 1 is 0.926 bits per heavy atom. The summed E-state index contributed by atoms with van der Waals surface area (Å²) in [7, 11) is 0. The fourth-order valence-electron chi connectivity index (χ4n) is 2.73. The number of nitrogens with one attached hydrogen (secondary N) is 2. The molecule has 6 heteroatoms. The number of carbonyl (C=O) groups excluding carboxylic acids is 2. The molecular formula is C21H26IN3O2. The van der Waals surface area contributed by atoms with Gasteiger partial charge in [0.25, 0.3) is 5.91 Å². The first-order valence-electron chi connectivity index (χ1n) is 9.13. The maximum atomic E-state index is 12.2. The van der Waals surface area contributed by atoms with Crippen LogP contribution in [0.5, 0.6) is 0 Å². The minimum atomic E-state index is -0.239. The Hall–Kier alpha value is -1.93. The molecule has 0 atom stereocenters. The van der Waals surface area contributed by atoms with Gasteiger partial charge < -0.3 is 10.6 Å². The highest BCUT2D eigenvalue weighted by Crippen LogP contribution is 2.12. The minimum Gasteiger partial charge on any atom is -0.350 e. The van der Waals surface area contributed by atoms with Crippen LogP contribution in [-0.4, -0.2) is 36.3 Å². The third-order valence-corrected chi connectivity index (χ3v) is 5.35. The summed E-state index contributed by atoms with van der Waals surface area (Å²) < 4.78 is 0.860. The number of carbonyl (C=O) groups is 2. The van der Waals surface area contributed by atoms with Gasteiger partial charge in [-0.1, -0.05) is 50.2 Å². The molecule has 27 heavy (non-hydrogen) atoms. The molecule has 0 aliphatic carbocycles. The third-order valence-electron chi connectivity index (χ3n) is 4.41. The average Bonchev–Trinajstić information content (AvgIpc) is 2.69. The first-order chi connectivity index (χ1) is 13.0. The molecule has 0 unspecified atom stereocenters. The zero-order valence-corrected chi connectivity index (χ0v) is 18.0. The average molecular weight is 479 g/mol. The zero-order valence-electron chi connectivity index (χ0n) is 15.8. The van der Waals surface area contributed by atoms with Crippen molar-refractivity contribution in [3.63, 3.8) is 0 Å². The molecule has 2 aromatic rings. The van der Waals surface area contributed by atoms with Crippen LogP contribution in [0, 0.1) is 3.57 Å². The van der Waals surface area contributed by atoms with Gasteiger partial charge in [-0.3, -0.25) is 14.5 Å². The number of rotatable bonds is 9. The molecule has 2 rings (SSSR count). The van der Waals surface area contributed by atoms with Gasteiger partial charge in [-0.05, 0) is 58.9 Å². The van der Waals surface area contributed by atoms with E-state index in [0.717, 1.165) is 28.8 Å². The molecule has 0 aromatic heterocycles. The minimum absolute atomic E-state index is 0.0397. The Kier molecular flexibility index (Phi) is 8.74. The van der Waals surface area contributed by atoms with Crippen LogP contribution < -0.4 is 10.6 Å². The quantitative estimate of drug-likeness (QED) is 0.544. The van der Waals surface area contributed by atoms with E-state index in [0.29, 0.717) is 12.1 Å². The lowest BCUT2D eigenvalue weighted by Crippen LogP contribution is -2.37. The Balaban J connectivity index is 1.87. The first-order valence-corrected chi connectivity index (χ1v) is 10.2. The van der Waals surface area contributed by atoms with Gasteiger partial charge in [-0.15, -0.1) is 0 Å². The van der Waals surface area contributed by atoms with E-state index in [9.17, 15) is 9.59 Å². The molecule has 0 aliphatic heterocycles. The maximum absolute atomic E-state index is 12.2. The first kappa shape index (κ1) is 21.4. The second-order valence-corrected chi connectivity index (χ2v) is 7.33. The summed E-state index contributed by atoms with van der Waals surface area (Å²) in [5.74, 6) is -0.441. The highest BCUT2D eigenvalue weighted by Gasteiger charge is 2.11. The van der Waals surface area contributed by atoms with E-state index in [2.05, 4.69) is 58.0 Å². The van der Waals surface area contributed by atoms with Crippen molar-refractivity contribution in [3.8, 4) is 0 Å². The highest BCUT2D eigenvalue weighted by molar-refractivity contribution is 14.1. The summed E-state index contributed by atoms with van der Waals surface area (Å²) in [6.07, 6.45) is 0. The third kappa shape index (κ3) is 6.62. The van der Waals surface area contributed by atoms with Crippen molar-refractivity contribution in [2.75, 3.05) is 19.6 Å². The summed E-state index contributed by atoms with van der Waals surface area (Å²) in [5, 5.41) is 5.57. The van der Waals surface area contributed by atoms with Gasteiger partial charge in [0.2, 0.25) is 5.91 Å². The lowest BCUT2D eigenvalue weighted by Gasteiger charge is -2.20. The van der Waals surface area contributed by atoms with Crippen LogP contribution in [0.1, 0.15) is 35.3 Å². The molecule has 0 bridgehead atoms. The van der Waals surface area contributed by atoms with E-state index in [1.165, 1.54) is 5.56 Å². The second kappa shape index (κ2) is 11.0. The van der Waals surface area contributed by atoms with Crippen molar-refractivity contribution in [1.29, 1.82) is 0 Å². The standard InChI is InChI=1S/C21H26IN3O2/c1-3-25(4-2)15-17-10-6-5-9-16(17)13-23-20(26)14-24-21(27)18-11-7-8-12-19(18)22/h5-12H,3-4,13-15H2,1-2H3,(H,23,26)(H,24,27). The van der Waals surface area contributed by atoms with Crippen LogP contribution in [0.25, 0.3) is 0 Å². The number of amides is 2. The van der Waals surface area contributed by atoms with Crippen LogP contribution in [0.15, 0.2) is 48.5 Å². The van der Waals surface area contributed by atoms with Crippen molar-refractivity contribution < 1.29 is 9.59 Å². The Morgan fingerprint density at radius 2 is 1.56 bits per heavy atom. The van der Waals surface area contributed by atoms with E-state index < -0.39 is 0 Å². The predicted octanol–water partition coefficient (Wildman–Crippen LogP) is 3.18. The summed E-state index contributed by atoms with van der Waals surface area (Å²) in [6.45, 7) is 7.54. The molecule has 0 heterocycles. The number of hydrogen-bond acceptors (Lipinski definition) is 3. The van der Waals surface area contributed by atoms with Crippen LogP contribution in [0.2, 0.25) is 0 Å². The maximum Gasteiger partial charge on any atom is 0.252 e. The van der Waals surface area contributed by atoms with Gasteiger partial charge in [0.15, 0.2) is 0 Å². The van der Waals surface area contributed by atoms with Gasteiger partial charge in [0.1, 0.15) is 0 Å². The fraction of sp³-hybridized carbons (Fsp3) is 0.333. The highest BCUT2D eigenvalue weighted by atomic mass is 127. The van der Waals surface area contributed by atoms with Crippen molar-refractivity contribution in [2.45, 2.75) is 26.9 Å². The van der Waals surface area contributed by atoms with Crippen molar-refractivity contribution >= 4 is 34.4 Å². The molecule has 0 aliphatic rings. The molecule has 0 radical (unpaired) electrons. The molecule has 2 amide bonds. The number of hydrogen-bond donors (Lipinski definition) is 2. The monoisotopic (exact) mass is 479 g/mol. The molecule has 5 nitrogen and oxygen atoms in total. The van der Waals surface area contributed by atoms with Gasteiger partial charge >= 0.3 is 0 Å². The van der Waals surface area contributed by atoms with Crippen LogP contribution in [0.3, 0.4) is 0 Å². The second-order valence-electron chi connectivity index (χ2n) is 6.17. The molecule has 144 valence electrons. The van der Waals surface area contributed by atoms with Crippen LogP contribution >= 0.6 is 22.6 Å². The Labute approximate surface area is 174 Å². The molecule has 0 spiro atoms. The lowest BCUT2D eigenvalue weighted by molar-refractivity contribution is -0.120. The predicted molar refractivity (Wildman–Crippen MR) is 116 cm³/mol. The van der Waals surface area contributed by atoms with Gasteiger partial charge in [0, 0.05) is 16.7 Å². The molecule has 2 aromatic carbocycles. The summed E-state index contributed by atoms with van der Waals surface area (Å²) in [5.41, 5.74) is 2.89. The molecule has 0 fully saturated rings. The topological polar surface area (TPSA) is 61.4 Å². The molecule has 2 N–H and O–H groups in total. The number of benzene rings is 2. The van der Waals surface area contributed by atoms with E-state index >= 15 is 0 Å².